The molecule has 2 unspecified atom stereocenters. The zero-order chi connectivity index (χ0) is 44.1. The fourth-order valence-corrected chi connectivity index (χ4v) is 7.47. The van der Waals surface area contributed by atoms with E-state index in [1.807, 2.05) is 0 Å². The van der Waals surface area contributed by atoms with Gasteiger partial charge in [-0.15, -0.1) is 0 Å². The monoisotopic (exact) mass is 877 g/mol. The normalized spacial score (nSPS) is 20.0. The van der Waals surface area contributed by atoms with Crippen LogP contribution in [0, 0.1) is 16.2 Å². The van der Waals surface area contributed by atoms with Gasteiger partial charge >= 0.3 is 39.2 Å². The van der Waals surface area contributed by atoms with Crippen molar-refractivity contribution in [2.75, 3.05) is 27.0 Å². The SMILES string of the molecule is CC(C)(C)C(=O)OCOP(=O)(OCOC(=O)C(C)(C)C)OP(=O)(OCOC(=O)C(C)(C)C)OC[C@H]1O[C@@H](n2ccc(=O)n(Cc3noc4ccccc34)c2=O)[C@@H](O)C1O. The highest BCUT2D eigenvalue weighted by Gasteiger charge is 2.48. The number of benzene rings is 1. The number of carbonyl (C=O) groups excluding carboxylic acids is 3. The number of esters is 3. The van der Waals surface area contributed by atoms with Crippen LogP contribution in [0.15, 0.2) is 50.6 Å². The molecule has 1 fully saturated rings. The molecule has 1 aliphatic heterocycles. The second kappa shape index (κ2) is 18.7. The molecule has 2 N–H and O–H groups in total. The Morgan fingerprint density at radius 2 is 1.24 bits per heavy atom. The Bertz CT molecular complexity index is 2160. The van der Waals surface area contributed by atoms with Gasteiger partial charge in [0.15, 0.2) is 11.8 Å². The molecule has 0 bridgehead atoms. The molecular weight excluding hydrogens is 828 g/mol. The van der Waals surface area contributed by atoms with Gasteiger partial charge in [-0.05, 0) is 74.4 Å². The third kappa shape index (κ3) is 12.5. The van der Waals surface area contributed by atoms with Crippen molar-refractivity contribution in [1.82, 2.24) is 14.3 Å². The number of phosphoric acid groups is 2. The highest BCUT2D eigenvalue weighted by molar-refractivity contribution is 7.62. The van der Waals surface area contributed by atoms with E-state index in [1.165, 1.54) is 62.3 Å². The number of hydrogen-bond acceptors (Lipinski definition) is 20. The average Bonchev–Trinajstić information content (AvgIpc) is 3.67. The molecule has 4 rings (SSSR count). The summed E-state index contributed by atoms with van der Waals surface area (Å²) in [7, 11) is -10.7. The minimum absolute atomic E-state index is 0.255. The summed E-state index contributed by atoms with van der Waals surface area (Å²) >= 11 is 0. The molecule has 0 radical (unpaired) electrons. The van der Waals surface area contributed by atoms with Crippen molar-refractivity contribution in [2.24, 2.45) is 16.2 Å². The molecule has 328 valence electrons. The van der Waals surface area contributed by atoms with E-state index in [1.54, 1.807) is 24.3 Å². The van der Waals surface area contributed by atoms with Gasteiger partial charge in [0.05, 0.1) is 29.4 Å². The second-order valence-electron chi connectivity index (χ2n) is 16.2. The first-order valence-electron chi connectivity index (χ1n) is 17.9. The van der Waals surface area contributed by atoms with Crippen molar-refractivity contribution in [3.8, 4) is 0 Å². The summed E-state index contributed by atoms with van der Waals surface area (Å²) in [5.74, 6) is -2.49. The van der Waals surface area contributed by atoms with Crippen LogP contribution in [0.1, 0.15) is 74.2 Å². The first-order valence-corrected chi connectivity index (χ1v) is 20.8. The Kier molecular flexibility index (Phi) is 15.1. The summed E-state index contributed by atoms with van der Waals surface area (Å²) in [5, 5.41) is 26.4. The third-order valence-electron chi connectivity index (χ3n) is 8.10. The fraction of sp³-hybridized carbons (Fsp3) is 0.600. The summed E-state index contributed by atoms with van der Waals surface area (Å²) < 4.78 is 81.3. The Morgan fingerprint density at radius 3 is 1.75 bits per heavy atom. The maximum absolute atomic E-state index is 14.1. The van der Waals surface area contributed by atoms with Crippen LogP contribution < -0.4 is 11.2 Å². The predicted octanol–water partition coefficient (Wildman–Crippen LogP) is 3.76. The minimum Gasteiger partial charge on any atom is -0.437 e. The number of fused-ring (bicyclic) bond motifs is 1. The van der Waals surface area contributed by atoms with E-state index < -0.39 is 113 Å². The number of aliphatic hydroxyl groups excluding tert-OH is 2. The molecule has 1 aromatic carbocycles. The number of carbonyl (C=O) groups is 3. The van der Waals surface area contributed by atoms with Crippen LogP contribution in [-0.2, 0) is 71.4 Å². The standard InChI is InChI=1S/C35H49N3O19P2/c1-33(2,3)29(42)48-18-52-58(46,57-59(47,53-19-49-30(43)34(4,5)6)54-20-50-31(44)35(7,8)9)51-17-24-26(40)27(41)28(55-24)37-15-14-25(39)38(32(37)45)16-22-21-12-10-11-13-23(21)56-36-22/h10-15,24,26-28,40-41H,16-20H2,1-9H3/t24-,26?,27+,28-,58?/m1/s1. The summed E-state index contributed by atoms with van der Waals surface area (Å²) in [6.45, 7) is 8.89. The van der Waals surface area contributed by atoms with Crippen LogP contribution in [0.3, 0.4) is 0 Å². The molecule has 2 aromatic heterocycles. The summed E-state index contributed by atoms with van der Waals surface area (Å²) in [4.78, 5) is 63.5. The molecule has 0 aliphatic carbocycles. The van der Waals surface area contributed by atoms with Gasteiger partial charge in [-0.1, -0.05) is 17.3 Å². The van der Waals surface area contributed by atoms with Gasteiger partial charge in [0.1, 0.15) is 24.0 Å². The van der Waals surface area contributed by atoms with Crippen LogP contribution in [0.5, 0.6) is 0 Å². The average molecular weight is 878 g/mol. The highest BCUT2D eigenvalue weighted by Crippen LogP contribution is 2.66. The van der Waals surface area contributed by atoms with Crippen LogP contribution in [0.2, 0.25) is 0 Å². The number of phosphoric ester groups is 2. The second-order valence-corrected chi connectivity index (χ2v) is 19.6. The number of para-hydroxylation sites is 1. The van der Waals surface area contributed by atoms with Crippen molar-refractivity contribution in [1.29, 1.82) is 0 Å². The quantitative estimate of drug-likeness (QED) is 0.0845. The Hall–Kier alpha value is -4.08. The number of rotatable bonds is 17. The third-order valence-corrected chi connectivity index (χ3v) is 11.4. The number of hydrogen-bond donors (Lipinski definition) is 2. The molecule has 1 saturated heterocycles. The molecule has 0 amide bonds. The molecular formula is C35H49N3O19P2. The van der Waals surface area contributed by atoms with Gasteiger partial charge < -0.3 is 33.7 Å². The van der Waals surface area contributed by atoms with Crippen molar-refractivity contribution < 1.29 is 79.6 Å². The number of aliphatic hydroxyl groups is 2. The number of ether oxygens (including phenoxy) is 4. The molecule has 59 heavy (non-hydrogen) atoms. The zero-order valence-electron chi connectivity index (χ0n) is 33.9. The lowest BCUT2D eigenvalue weighted by Gasteiger charge is -2.25. The zero-order valence-corrected chi connectivity index (χ0v) is 35.7. The predicted molar refractivity (Wildman–Crippen MR) is 201 cm³/mol. The molecule has 3 heterocycles. The van der Waals surface area contributed by atoms with Crippen molar-refractivity contribution >= 4 is 44.5 Å². The Balaban J connectivity index is 1.58. The van der Waals surface area contributed by atoms with Gasteiger partial charge in [0.25, 0.3) is 5.56 Å². The summed E-state index contributed by atoms with van der Waals surface area (Å²) in [6.07, 6.45) is -6.00. The van der Waals surface area contributed by atoms with E-state index in [4.69, 9.17) is 45.9 Å². The largest absolute Gasteiger partial charge is 0.489 e. The molecule has 1 aliphatic rings. The first-order chi connectivity index (χ1) is 27.2. The van der Waals surface area contributed by atoms with E-state index in [0.29, 0.717) is 11.0 Å². The lowest BCUT2D eigenvalue weighted by molar-refractivity contribution is -0.163. The van der Waals surface area contributed by atoms with E-state index in [-0.39, 0.29) is 12.2 Å². The lowest BCUT2D eigenvalue weighted by atomic mass is 9.98. The van der Waals surface area contributed by atoms with Crippen LogP contribution in [0.25, 0.3) is 11.0 Å². The van der Waals surface area contributed by atoms with Crippen molar-refractivity contribution in [3.63, 3.8) is 0 Å². The maximum atomic E-state index is 14.1. The molecule has 22 nitrogen and oxygen atoms in total. The van der Waals surface area contributed by atoms with Crippen LogP contribution in [-0.4, -0.2) is 87.7 Å². The summed E-state index contributed by atoms with van der Waals surface area (Å²) in [5.41, 5.74) is -4.21. The number of aromatic nitrogens is 3. The highest BCUT2D eigenvalue weighted by atomic mass is 31.3. The van der Waals surface area contributed by atoms with E-state index in [9.17, 15) is 43.3 Å². The van der Waals surface area contributed by atoms with Crippen molar-refractivity contribution in [2.45, 2.75) is 93.4 Å². The molecule has 24 heteroatoms. The van der Waals surface area contributed by atoms with Gasteiger partial charge in [-0.3, -0.25) is 32.8 Å². The summed E-state index contributed by atoms with van der Waals surface area (Å²) in [6, 6.07) is 7.76. The molecule has 3 aromatic rings. The van der Waals surface area contributed by atoms with Crippen LogP contribution >= 0.6 is 15.6 Å². The fourth-order valence-electron chi connectivity index (χ4n) is 4.71. The minimum atomic E-state index is -5.38. The topological polar surface area (TPSA) is 279 Å². The smallest absolute Gasteiger partial charge is 0.437 e. The van der Waals surface area contributed by atoms with Crippen molar-refractivity contribution in [3.05, 3.63) is 63.1 Å². The lowest BCUT2D eigenvalue weighted by Crippen LogP contribution is -2.43. The van der Waals surface area contributed by atoms with E-state index >= 15 is 0 Å². The van der Waals surface area contributed by atoms with Gasteiger partial charge in [-0.2, -0.15) is 4.31 Å². The van der Waals surface area contributed by atoms with Gasteiger partial charge in [0.2, 0.25) is 20.4 Å². The molecule has 0 spiro atoms. The van der Waals surface area contributed by atoms with Crippen LogP contribution in [0.4, 0.5) is 0 Å². The van der Waals surface area contributed by atoms with Gasteiger partial charge in [0, 0.05) is 17.6 Å². The Labute approximate surface area is 337 Å². The Morgan fingerprint density at radius 1 is 0.746 bits per heavy atom. The first kappa shape index (κ1) is 47.6. The molecule has 0 saturated carbocycles. The van der Waals surface area contributed by atoms with E-state index in [2.05, 4.69) is 5.16 Å². The maximum Gasteiger partial charge on any atom is 0.489 e. The number of nitrogens with zero attached hydrogens (tertiary/aromatic N) is 3. The van der Waals surface area contributed by atoms with E-state index in [0.717, 1.165) is 21.4 Å². The van der Waals surface area contributed by atoms with Gasteiger partial charge in [-0.25, -0.2) is 27.5 Å². The molecule has 5 atom stereocenters.